The van der Waals surface area contributed by atoms with Crippen LogP contribution in [0.1, 0.15) is 12.8 Å². The van der Waals surface area contributed by atoms with Gasteiger partial charge in [0.15, 0.2) is 0 Å². The second-order valence-corrected chi connectivity index (χ2v) is 6.59. The molecule has 2 fully saturated rings. The molecule has 4 N–H and O–H groups in total. The van der Waals surface area contributed by atoms with Gasteiger partial charge in [-0.15, -0.1) is 0 Å². The summed E-state index contributed by atoms with van der Waals surface area (Å²) < 4.78 is 37.1. The van der Waals surface area contributed by atoms with Gasteiger partial charge in [-0.25, -0.2) is 0 Å². The van der Waals surface area contributed by atoms with Crippen LogP contribution in [0.3, 0.4) is 0 Å². The summed E-state index contributed by atoms with van der Waals surface area (Å²) in [6.45, 7) is 0.0768. The zero-order chi connectivity index (χ0) is 17.2. The lowest BCUT2D eigenvalue weighted by molar-refractivity contribution is -0.154. The predicted octanol–water partition coefficient (Wildman–Crippen LogP) is -0.980. The Morgan fingerprint density at radius 1 is 1.00 bits per heavy atom. The highest BCUT2D eigenvalue weighted by atomic mass is 19.4. The van der Waals surface area contributed by atoms with E-state index in [1.165, 1.54) is 4.90 Å². The fourth-order valence-electron chi connectivity index (χ4n) is 3.50. The molecule has 0 saturated carbocycles. The molecule has 0 aliphatic carbocycles. The first-order chi connectivity index (χ1) is 10.7. The highest BCUT2D eigenvalue weighted by molar-refractivity contribution is 4.95. The molecule has 2 saturated heterocycles. The first kappa shape index (κ1) is 18.9. The maximum absolute atomic E-state index is 12.4. The standard InChI is InChI=1S/C14H25F3N2O4/c15-14(16,17)8-18-3-1-9(2-4-18)5-19-6-11(21)13(23)12(22)10(19)7-20/h9-13,20-23H,1-8H2/t10-,11-,12+,13+/m0/s1. The summed E-state index contributed by atoms with van der Waals surface area (Å²) >= 11 is 0. The fourth-order valence-corrected chi connectivity index (χ4v) is 3.50. The molecule has 0 aromatic carbocycles. The molecule has 0 spiro atoms. The van der Waals surface area contributed by atoms with Crippen molar-refractivity contribution in [2.24, 2.45) is 5.92 Å². The van der Waals surface area contributed by atoms with E-state index in [-0.39, 0.29) is 19.1 Å². The largest absolute Gasteiger partial charge is 0.401 e. The summed E-state index contributed by atoms with van der Waals surface area (Å²) in [5, 5.41) is 38.8. The molecule has 136 valence electrons. The van der Waals surface area contributed by atoms with E-state index >= 15 is 0 Å². The number of rotatable bonds is 4. The lowest BCUT2D eigenvalue weighted by Crippen LogP contribution is -2.63. The number of hydrogen-bond donors (Lipinski definition) is 4. The summed E-state index contributed by atoms with van der Waals surface area (Å²) in [7, 11) is 0. The second-order valence-electron chi connectivity index (χ2n) is 6.59. The predicted molar refractivity (Wildman–Crippen MR) is 75.7 cm³/mol. The minimum Gasteiger partial charge on any atom is -0.395 e. The van der Waals surface area contributed by atoms with Crippen molar-refractivity contribution in [1.82, 2.24) is 9.80 Å². The number of alkyl halides is 3. The Hall–Kier alpha value is -0.450. The van der Waals surface area contributed by atoms with E-state index in [2.05, 4.69) is 0 Å². The van der Waals surface area contributed by atoms with Gasteiger partial charge in [-0.05, 0) is 31.8 Å². The SMILES string of the molecule is OC[C@H]1[C@@H](O)[C@H](O)[C@@H](O)CN1CC1CCN(CC(F)(F)F)CC1. The Morgan fingerprint density at radius 3 is 2.13 bits per heavy atom. The van der Waals surface area contributed by atoms with Crippen LogP contribution in [0.5, 0.6) is 0 Å². The van der Waals surface area contributed by atoms with Crippen LogP contribution in [0, 0.1) is 5.92 Å². The van der Waals surface area contributed by atoms with Crippen LogP contribution in [0.15, 0.2) is 0 Å². The van der Waals surface area contributed by atoms with Crippen LogP contribution in [-0.4, -0.2) is 100 Å². The molecule has 2 rings (SSSR count). The van der Waals surface area contributed by atoms with Crippen molar-refractivity contribution in [3.63, 3.8) is 0 Å². The van der Waals surface area contributed by atoms with Gasteiger partial charge in [-0.2, -0.15) is 13.2 Å². The zero-order valence-electron chi connectivity index (χ0n) is 12.9. The maximum atomic E-state index is 12.4. The van der Waals surface area contributed by atoms with Crippen molar-refractivity contribution >= 4 is 0 Å². The zero-order valence-corrected chi connectivity index (χ0v) is 12.9. The maximum Gasteiger partial charge on any atom is 0.401 e. The Kier molecular flexibility index (Phi) is 6.26. The Morgan fingerprint density at radius 2 is 1.61 bits per heavy atom. The fraction of sp³-hybridized carbons (Fsp3) is 1.00. The van der Waals surface area contributed by atoms with Crippen LogP contribution < -0.4 is 0 Å². The lowest BCUT2D eigenvalue weighted by Gasteiger charge is -2.45. The quantitative estimate of drug-likeness (QED) is 0.525. The molecule has 2 aliphatic heterocycles. The van der Waals surface area contributed by atoms with E-state index < -0.39 is 37.1 Å². The van der Waals surface area contributed by atoms with Crippen LogP contribution >= 0.6 is 0 Å². The van der Waals surface area contributed by atoms with Crippen molar-refractivity contribution in [3.05, 3.63) is 0 Å². The third-order valence-corrected chi connectivity index (χ3v) is 4.82. The smallest absolute Gasteiger partial charge is 0.395 e. The molecule has 23 heavy (non-hydrogen) atoms. The number of aliphatic hydroxyl groups excluding tert-OH is 4. The molecular formula is C14H25F3N2O4. The molecule has 0 bridgehead atoms. The topological polar surface area (TPSA) is 87.4 Å². The van der Waals surface area contributed by atoms with E-state index in [1.807, 2.05) is 0 Å². The first-order valence-electron chi connectivity index (χ1n) is 7.89. The monoisotopic (exact) mass is 342 g/mol. The number of nitrogens with zero attached hydrogens (tertiary/aromatic N) is 2. The van der Waals surface area contributed by atoms with Gasteiger partial charge in [-0.3, -0.25) is 9.80 Å². The van der Waals surface area contributed by atoms with Crippen LogP contribution in [0.25, 0.3) is 0 Å². The van der Waals surface area contributed by atoms with Gasteiger partial charge < -0.3 is 20.4 Å². The Balaban J connectivity index is 1.85. The van der Waals surface area contributed by atoms with Crippen molar-refractivity contribution < 1.29 is 33.6 Å². The number of β-amino-alcohol motifs (C(OH)–C–C–N with tert-alkyl or cyclic N) is 1. The van der Waals surface area contributed by atoms with E-state index in [4.69, 9.17) is 0 Å². The molecule has 4 atom stereocenters. The first-order valence-corrected chi connectivity index (χ1v) is 7.89. The molecule has 9 heteroatoms. The van der Waals surface area contributed by atoms with Crippen molar-refractivity contribution in [2.75, 3.05) is 39.3 Å². The number of piperidine rings is 2. The number of likely N-dealkylation sites (tertiary alicyclic amines) is 2. The normalized spacial score (nSPS) is 35.6. The van der Waals surface area contributed by atoms with Crippen molar-refractivity contribution in [1.29, 1.82) is 0 Å². The Labute approximate surface area is 133 Å². The van der Waals surface area contributed by atoms with E-state index in [0.29, 0.717) is 32.5 Å². The number of hydrogen-bond acceptors (Lipinski definition) is 6. The molecule has 2 heterocycles. The molecule has 0 amide bonds. The third kappa shape index (κ3) is 5.01. The molecular weight excluding hydrogens is 317 g/mol. The molecule has 2 aliphatic rings. The van der Waals surface area contributed by atoms with Crippen molar-refractivity contribution in [2.45, 2.75) is 43.4 Å². The van der Waals surface area contributed by atoms with Gasteiger partial charge in [-0.1, -0.05) is 0 Å². The number of halogens is 3. The summed E-state index contributed by atoms with van der Waals surface area (Å²) in [4.78, 5) is 3.11. The Bertz CT molecular complexity index is 378. The van der Waals surface area contributed by atoms with Gasteiger partial charge in [0.1, 0.15) is 12.2 Å². The number of aliphatic hydroxyl groups is 4. The summed E-state index contributed by atoms with van der Waals surface area (Å²) in [6, 6.07) is -0.665. The molecule has 0 aromatic heterocycles. The van der Waals surface area contributed by atoms with Gasteiger partial charge in [0.2, 0.25) is 0 Å². The molecule has 0 aromatic rings. The summed E-state index contributed by atoms with van der Waals surface area (Å²) in [5.74, 6) is 0.142. The highest BCUT2D eigenvalue weighted by Gasteiger charge is 2.42. The average molecular weight is 342 g/mol. The van der Waals surface area contributed by atoms with Gasteiger partial charge in [0.05, 0.1) is 25.3 Å². The van der Waals surface area contributed by atoms with Gasteiger partial charge >= 0.3 is 6.18 Å². The highest BCUT2D eigenvalue weighted by Crippen LogP contribution is 2.26. The van der Waals surface area contributed by atoms with Crippen LogP contribution in [0.4, 0.5) is 13.2 Å². The summed E-state index contributed by atoms with van der Waals surface area (Å²) in [6.07, 6.45) is -6.63. The van der Waals surface area contributed by atoms with Crippen LogP contribution in [0.2, 0.25) is 0 Å². The second kappa shape index (κ2) is 7.62. The minimum absolute atomic E-state index is 0.131. The third-order valence-electron chi connectivity index (χ3n) is 4.82. The molecule has 0 unspecified atom stereocenters. The molecule has 6 nitrogen and oxygen atoms in total. The van der Waals surface area contributed by atoms with E-state index in [0.717, 1.165) is 0 Å². The van der Waals surface area contributed by atoms with E-state index in [9.17, 15) is 33.6 Å². The van der Waals surface area contributed by atoms with Gasteiger partial charge in [0.25, 0.3) is 0 Å². The minimum atomic E-state index is -4.19. The van der Waals surface area contributed by atoms with Crippen LogP contribution in [-0.2, 0) is 0 Å². The molecule has 0 radical (unpaired) electrons. The van der Waals surface area contributed by atoms with Gasteiger partial charge in [0, 0.05) is 13.1 Å². The average Bonchev–Trinajstić information content (AvgIpc) is 2.46. The van der Waals surface area contributed by atoms with Crippen molar-refractivity contribution in [3.8, 4) is 0 Å². The summed E-state index contributed by atoms with van der Waals surface area (Å²) in [5.41, 5.74) is 0. The van der Waals surface area contributed by atoms with E-state index in [1.54, 1.807) is 4.90 Å². The lowest BCUT2D eigenvalue weighted by atomic mass is 9.90.